The summed E-state index contributed by atoms with van der Waals surface area (Å²) in [5.74, 6) is 0. The number of halogens is 1. The first-order chi connectivity index (χ1) is 9.09. The third kappa shape index (κ3) is 2.11. The third-order valence-electron chi connectivity index (χ3n) is 4.04. The first-order valence-corrected chi connectivity index (χ1v) is 7.65. The van der Waals surface area contributed by atoms with Gasteiger partial charge in [0, 0.05) is 16.5 Å². The van der Waals surface area contributed by atoms with E-state index in [1.54, 1.807) is 0 Å². The van der Waals surface area contributed by atoms with Crippen LogP contribution in [0, 0.1) is 20.8 Å². The first-order valence-electron chi connectivity index (χ1n) is 6.85. The summed E-state index contributed by atoms with van der Waals surface area (Å²) < 4.78 is 9.12. The molecule has 2 heterocycles. The smallest absolute Gasteiger partial charge is 0.150 e. The molecule has 19 heavy (non-hydrogen) atoms. The Morgan fingerprint density at radius 1 is 1.32 bits per heavy atom. The van der Waals surface area contributed by atoms with E-state index in [9.17, 15) is 0 Å². The Morgan fingerprint density at radius 2 is 2.11 bits per heavy atom. The molecule has 1 aliphatic rings. The molecule has 3 nitrogen and oxygen atoms in total. The summed E-state index contributed by atoms with van der Waals surface area (Å²) in [5, 5.41) is 5.94. The molecule has 4 heteroatoms. The summed E-state index contributed by atoms with van der Waals surface area (Å²) in [7, 11) is 0. The number of aryl methyl sites for hydroxylation is 2. The average Bonchev–Trinajstić information content (AvgIpc) is 2.74. The zero-order chi connectivity index (χ0) is 13.6. The summed E-state index contributed by atoms with van der Waals surface area (Å²) in [6, 6.07) is 2.23. The van der Waals surface area contributed by atoms with Gasteiger partial charge in [-0.15, -0.1) is 0 Å². The molecule has 1 fully saturated rings. The van der Waals surface area contributed by atoms with Gasteiger partial charge in [-0.2, -0.15) is 5.10 Å². The highest BCUT2D eigenvalue weighted by Gasteiger charge is 2.21. The minimum absolute atomic E-state index is 0.0963. The minimum atomic E-state index is 0.0963. The molecule has 102 valence electrons. The van der Waals surface area contributed by atoms with Gasteiger partial charge < -0.3 is 4.74 Å². The van der Waals surface area contributed by atoms with Gasteiger partial charge in [-0.1, -0.05) is 0 Å². The molecule has 1 saturated heterocycles. The van der Waals surface area contributed by atoms with E-state index >= 15 is 0 Å². The van der Waals surface area contributed by atoms with Crippen LogP contribution in [0.25, 0.3) is 10.9 Å². The number of ether oxygens (including phenoxy) is 1. The summed E-state index contributed by atoms with van der Waals surface area (Å²) in [5.41, 5.74) is 4.83. The quantitative estimate of drug-likeness (QED) is 0.776. The van der Waals surface area contributed by atoms with Crippen molar-refractivity contribution in [3.05, 3.63) is 27.4 Å². The second-order valence-electron chi connectivity index (χ2n) is 5.38. The predicted octanol–water partition coefficient (Wildman–Crippen LogP) is 4.42. The van der Waals surface area contributed by atoms with E-state index in [0.717, 1.165) is 25.1 Å². The van der Waals surface area contributed by atoms with Crippen molar-refractivity contribution in [2.24, 2.45) is 0 Å². The number of aromatic nitrogens is 2. The molecule has 0 N–H and O–H groups in total. The molecule has 2 aromatic rings. The monoisotopic (exact) mass is 322 g/mol. The van der Waals surface area contributed by atoms with Crippen LogP contribution < -0.4 is 0 Å². The zero-order valence-electron chi connectivity index (χ0n) is 11.7. The lowest BCUT2D eigenvalue weighted by Crippen LogP contribution is -2.19. The molecule has 0 radical (unpaired) electrons. The lowest BCUT2D eigenvalue weighted by Gasteiger charge is -2.23. The predicted molar refractivity (Wildman–Crippen MR) is 80.5 cm³/mol. The molecule has 1 aromatic heterocycles. The van der Waals surface area contributed by atoms with Crippen molar-refractivity contribution in [1.29, 1.82) is 0 Å². The zero-order valence-corrected chi connectivity index (χ0v) is 13.2. The van der Waals surface area contributed by atoms with Crippen LogP contribution in [-0.4, -0.2) is 16.4 Å². The van der Waals surface area contributed by atoms with Crippen LogP contribution in [0.15, 0.2) is 10.5 Å². The number of nitrogens with zero attached hydrogens (tertiary/aromatic N) is 2. The molecule has 1 atom stereocenters. The second-order valence-corrected chi connectivity index (χ2v) is 6.17. The van der Waals surface area contributed by atoms with Gasteiger partial charge in [-0.3, -0.25) is 0 Å². The topological polar surface area (TPSA) is 27.1 Å². The van der Waals surface area contributed by atoms with Crippen LogP contribution in [0.5, 0.6) is 0 Å². The van der Waals surface area contributed by atoms with Crippen LogP contribution in [0.4, 0.5) is 0 Å². The van der Waals surface area contributed by atoms with Gasteiger partial charge in [0.05, 0.1) is 11.2 Å². The van der Waals surface area contributed by atoms with Gasteiger partial charge in [0.1, 0.15) is 0 Å². The molecule has 0 spiro atoms. The van der Waals surface area contributed by atoms with E-state index in [2.05, 4.69) is 47.4 Å². The van der Waals surface area contributed by atoms with Crippen molar-refractivity contribution in [3.8, 4) is 0 Å². The van der Waals surface area contributed by atoms with Crippen molar-refractivity contribution in [2.75, 3.05) is 6.61 Å². The summed E-state index contributed by atoms with van der Waals surface area (Å²) in [6.45, 7) is 7.21. The fraction of sp³-hybridized carbons (Fsp3) is 0.533. The molecular formula is C15H19BrN2O. The summed E-state index contributed by atoms with van der Waals surface area (Å²) >= 11 is 3.73. The molecule has 0 amide bonds. The molecule has 1 aliphatic heterocycles. The highest BCUT2D eigenvalue weighted by atomic mass is 79.9. The number of fused-ring (bicyclic) bond motifs is 1. The van der Waals surface area contributed by atoms with E-state index in [4.69, 9.17) is 9.84 Å². The van der Waals surface area contributed by atoms with E-state index < -0.39 is 0 Å². The van der Waals surface area contributed by atoms with E-state index in [0.29, 0.717) is 0 Å². The van der Waals surface area contributed by atoms with Gasteiger partial charge >= 0.3 is 0 Å². The Kier molecular flexibility index (Phi) is 3.39. The van der Waals surface area contributed by atoms with Crippen molar-refractivity contribution in [3.63, 3.8) is 0 Å². The third-order valence-corrected chi connectivity index (χ3v) is 5.04. The highest BCUT2D eigenvalue weighted by Crippen LogP contribution is 2.35. The number of rotatable bonds is 1. The fourth-order valence-electron chi connectivity index (χ4n) is 2.79. The van der Waals surface area contributed by atoms with E-state index in [1.165, 1.54) is 32.9 Å². The average molecular weight is 323 g/mol. The van der Waals surface area contributed by atoms with Crippen LogP contribution in [0.1, 0.15) is 42.3 Å². The molecule has 1 aromatic carbocycles. The Morgan fingerprint density at radius 3 is 2.79 bits per heavy atom. The molecule has 0 saturated carbocycles. The van der Waals surface area contributed by atoms with Gasteiger partial charge in [0.25, 0.3) is 0 Å². The Labute approximate surface area is 122 Å². The van der Waals surface area contributed by atoms with Crippen molar-refractivity contribution >= 4 is 26.8 Å². The minimum Gasteiger partial charge on any atom is -0.356 e. The lowest BCUT2D eigenvalue weighted by molar-refractivity contribution is -0.0368. The maximum atomic E-state index is 5.88. The van der Waals surface area contributed by atoms with Crippen LogP contribution in [-0.2, 0) is 4.74 Å². The Bertz CT molecular complexity index is 627. The van der Waals surface area contributed by atoms with Gasteiger partial charge in [0.2, 0.25) is 0 Å². The maximum absolute atomic E-state index is 5.88. The van der Waals surface area contributed by atoms with Crippen LogP contribution in [0.2, 0.25) is 0 Å². The van der Waals surface area contributed by atoms with Crippen molar-refractivity contribution in [1.82, 2.24) is 9.78 Å². The van der Waals surface area contributed by atoms with E-state index in [1.807, 2.05) is 0 Å². The molecule has 0 aliphatic carbocycles. The normalized spacial score (nSPS) is 20.1. The molecule has 0 bridgehead atoms. The molecular weight excluding hydrogens is 304 g/mol. The molecule has 3 rings (SSSR count). The van der Waals surface area contributed by atoms with Gasteiger partial charge in [0.15, 0.2) is 6.23 Å². The fourth-order valence-corrected chi connectivity index (χ4v) is 3.59. The summed E-state index contributed by atoms with van der Waals surface area (Å²) in [4.78, 5) is 0. The standard InChI is InChI=1S/C15H19BrN2O/c1-9-8-12-14(15(16)10(9)2)11(3)17-18(12)13-6-4-5-7-19-13/h8,13H,4-7H2,1-3H3. The number of hydrogen-bond donors (Lipinski definition) is 0. The summed E-state index contributed by atoms with van der Waals surface area (Å²) in [6.07, 6.45) is 3.54. The second kappa shape index (κ2) is 4.91. The Hall–Kier alpha value is -0.870. The SMILES string of the molecule is Cc1cc2c(c(C)nn2C2CCCCO2)c(Br)c1C. The number of hydrogen-bond acceptors (Lipinski definition) is 2. The van der Waals surface area contributed by atoms with Gasteiger partial charge in [-0.05, 0) is 73.2 Å². The van der Waals surface area contributed by atoms with Crippen molar-refractivity contribution in [2.45, 2.75) is 46.3 Å². The van der Waals surface area contributed by atoms with Crippen LogP contribution in [0.3, 0.4) is 0 Å². The largest absolute Gasteiger partial charge is 0.356 e. The number of benzene rings is 1. The molecule has 1 unspecified atom stereocenters. The van der Waals surface area contributed by atoms with E-state index in [-0.39, 0.29) is 6.23 Å². The highest BCUT2D eigenvalue weighted by molar-refractivity contribution is 9.10. The van der Waals surface area contributed by atoms with Crippen LogP contribution >= 0.6 is 15.9 Å². The van der Waals surface area contributed by atoms with Crippen molar-refractivity contribution < 1.29 is 4.74 Å². The first kappa shape index (κ1) is 13.1. The lowest BCUT2D eigenvalue weighted by atomic mass is 10.1. The van der Waals surface area contributed by atoms with Gasteiger partial charge in [-0.25, -0.2) is 4.68 Å². The maximum Gasteiger partial charge on any atom is 0.150 e. The Balaban J connectivity index is 2.21.